The minimum atomic E-state index is 0.473. The molecule has 1 aromatic carbocycles. The van der Waals surface area contributed by atoms with Crippen molar-refractivity contribution in [3.8, 4) is 0 Å². The van der Waals surface area contributed by atoms with E-state index in [2.05, 4.69) is 4.98 Å². The lowest BCUT2D eigenvalue weighted by Gasteiger charge is -2.03. The van der Waals surface area contributed by atoms with Gasteiger partial charge in [-0.2, -0.15) is 0 Å². The molecule has 0 amide bonds. The number of alkyl halides is 1. The van der Waals surface area contributed by atoms with Gasteiger partial charge in [0, 0.05) is 12.4 Å². The number of aldehydes is 1. The third-order valence-corrected chi connectivity index (χ3v) is 2.57. The molecule has 0 radical (unpaired) electrons. The Labute approximate surface area is 92.7 Å². The molecule has 0 aliphatic carbocycles. The number of fused-ring (bicyclic) bond motifs is 1. The Balaban J connectivity index is 2.51. The van der Waals surface area contributed by atoms with E-state index in [-0.39, 0.29) is 0 Å². The summed E-state index contributed by atoms with van der Waals surface area (Å²) < 4.78 is 1.91. The van der Waals surface area contributed by atoms with Gasteiger partial charge in [-0.15, -0.1) is 11.6 Å². The van der Waals surface area contributed by atoms with E-state index in [9.17, 15) is 4.79 Å². The first-order chi connectivity index (χ1) is 7.36. The Bertz CT molecular complexity index is 478. The fourth-order valence-corrected chi connectivity index (χ4v) is 1.76. The molecule has 78 valence electrons. The topological polar surface area (TPSA) is 34.9 Å². The maximum absolute atomic E-state index is 10.8. The molecule has 0 unspecified atom stereocenters. The Morgan fingerprint density at radius 2 is 2.20 bits per heavy atom. The molecule has 0 bridgehead atoms. The summed E-state index contributed by atoms with van der Waals surface area (Å²) in [5, 5.41) is 0. The molecule has 2 rings (SSSR count). The second-order valence-electron chi connectivity index (χ2n) is 3.27. The van der Waals surface area contributed by atoms with Crippen molar-refractivity contribution >= 4 is 28.9 Å². The molecular formula is C11H11ClN2O. The molecule has 0 aliphatic rings. The molecule has 0 saturated heterocycles. The van der Waals surface area contributed by atoms with Crippen molar-refractivity contribution in [3.05, 3.63) is 30.1 Å². The number of carbonyl (C=O) groups excluding carboxylic acids is 1. The third kappa shape index (κ3) is 1.88. The molecule has 0 aliphatic heterocycles. The predicted molar refractivity (Wildman–Crippen MR) is 60.5 cm³/mol. The van der Waals surface area contributed by atoms with Crippen LogP contribution in [0.1, 0.15) is 17.0 Å². The number of para-hydroxylation sites is 2. The summed E-state index contributed by atoms with van der Waals surface area (Å²) >= 11 is 5.64. The van der Waals surface area contributed by atoms with Gasteiger partial charge in [0.15, 0.2) is 12.1 Å². The Hall–Kier alpha value is -1.35. The van der Waals surface area contributed by atoms with Crippen molar-refractivity contribution in [2.45, 2.75) is 13.0 Å². The highest BCUT2D eigenvalue weighted by Crippen LogP contribution is 2.15. The number of carbonyl (C=O) groups is 1. The number of halogens is 1. The van der Waals surface area contributed by atoms with Crippen molar-refractivity contribution in [2.24, 2.45) is 0 Å². The fourth-order valence-electron chi connectivity index (χ4n) is 1.64. The molecule has 3 nitrogen and oxygen atoms in total. The minimum absolute atomic E-state index is 0.473. The first kappa shape index (κ1) is 10.2. The quantitative estimate of drug-likeness (QED) is 0.589. The highest BCUT2D eigenvalue weighted by atomic mass is 35.5. The summed E-state index contributed by atoms with van der Waals surface area (Å²) in [6.45, 7) is 0.734. The minimum Gasteiger partial charge on any atom is -0.322 e. The summed E-state index contributed by atoms with van der Waals surface area (Å²) in [5.74, 6) is 1.06. The van der Waals surface area contributed by atoms with Gasteiger partial charge in [0.1, 0.15) is 0 Å². The number of benzene rings is 1. The monoisotopic (exact) mass is 222 g/mol. The van der Waals surface area contributed by atoms with E-state index in [1.807, 2.05) is 28.8 Å². The van der Waals surface area contributed by atoms with Gasteiger partial charge < -0.3 is 4.57 Å². The molecule has 1 aromatic heterocycles. The van der Waals surface area contributed by atoms with Gasteiger partial charge in [-0.1, -0.05) is 12.1 Å². The van der Waals surface area contributed by atoms with Gasteiger partial charge >= 0.3 is 0 Å². The molecule has 0 fully saturated rings. The van der Waals surface area contributed by atoms with Crippen LogP contribution in [0.25, 0.3) is 11.0 Å². The molecule has 1 heterocycles. The van der Waals surface area contributed by atoms with Crippen LogP contribution in [0, 0.1) is 0 Å². The molecule has 0 saturated carbocycles. The smallest absolute Gasteiger partial charge is 0.185 e. The van der Waals surface area contributed by atoms with Gasteiger partial charge in [0.2, 0.25) is 0 Å². The summed E-state index contributed by atoms with van der Waals surface area (Å²) in [7, 11) is 0. The van der Waals surface area contributed by atoms with Crippen LogP contribution in [-0.2, 0) is 6.54 Å². The van der Waals surface area contributed by atoms with Crippen molar-refractivity contribution in [1.82, 2.24) is 9.55 Å². The SMILES string of the molecule is O=Cc1nc2ccccc2n1CCCCl. The molecule has 15 heavy (non-hydrogen) atoms. The average Bonchev–Trinajstić information content (AvgIpc) is 2.64. The lowest BCUT2D eigenvalue weighted by Crippen LogP contribution is -2.03. The second kappa shape index (κ2) is 4.45. The van der Waals surface area contributed by atoms with Crippen LogP contribution in [0.15, 0.2) is 24.3 Å². The standard InChI is InChI=1S/C11H11ClN2O/c12-6-3-7-14-10-5-2-1-4-9(10)13-11(14)8-15/h1-2,4-5,8H,3,6-7H2. The Morgan fingerprint density at radius 1 is 1.40 bits per heavy atom. The second-order valence-corrected chi connectivity index (χ2v) is 3.65. The molecule has 0 atom stereocenters. The number of aryl methyl sites for hydroxylation is 1. The van der Waals surface area contributed by atoms with E-state index in [0.29, 0.717) is 11.7 Å². The van der Waals surface area contributed by atoms with E-state index >= 15 is 0 Å². The normalized spacial score (nSPS) is 10.7. The molecule has 0 N–H and O–H groups in total. The maximum atomic E-state index is 10.8. The van der Waals surface area contributed by atoms with Gasteiger partial charge in [-0.25, -0.2) is 4.98 Å². The van der Waals surface area contributed by atoms with Crippen molar-refractivity contribution < 1.29 is 4.79 Å². The van der Waals surface area contributed by atoms with Crippen molar-refractivity contribution in [1.29, 1.82) is 0 Å². The van der Waals surface area contributed by atoms with E-state index in [1.54, 1.807) is 0 Å². The lowest BCUT2D eigenvalue weighted by molar-refractivity contribution is 0.111. The maximum Gasteiger partial charge on any atom is 0.185 e. The average molecular weight is 223 g/mol. The van der Waals surface area contributed by atoms with Crippen LogP contribution < -0.4 is 0 Å². The fraction of sp³-hybridized carbons (Fsp3) is 0.273. The lowest BCUT2D eigenvalue weighted by atomic mass is 10.3. The number of hydrogen-bond donors (Lipinski definition) is 0. The molecule has 0 spiro atoms. The predicted octanol–water partition coefficient (Wildman–Crippen LogP) is 2.48. The highest BCUT2D eigenvalue weighted by Gasteiger charge is 2.08. The van der Waals surface area contributed by atoms with Crippen LogP contribution in [0.5, 0.6) is 0 Å². The van der Waals surface area contributed by atoms with E-state index in [0.717, 1.165) is 30.3 Å². The Kier molecular flexibility index (Phi) is 3.02. The first-order valence-electron chi connectivity index (χ1n) is 4.83. The summed E-state index contributed by atoms with van der Waals surface area (Å²) in [6.07, 6.45) is 1.62. The van der Waals surface area contributed by atoms with Crippen LogP contribution in [0.3, 0.4) is 0 Å². The van der Waals surface area contributed by atoms with Crippen LogP contribution in [0.2, 0.25) is 0 Å². The number of rotatable bonds is 4. The van der Waals surface area contributed by atoms with E-state index in [1.165, 1.54) is 0 Å². The van der Waals surface area contributed by atoms with Crippen LogP contribution in [0.4, 0.5) is 0 Å². The number of imidazole rings is 1. The zero-order chi connectivity index (χ0) is 10.7. The molecular weight excluding hydrogens is 212 g/mol. The first-order valence-corrected chi connectivity index (χ1v) is 5.36. The largest absolute Gasteiger partial charge is 0.322 e. The van der Waals surface area contributed by atoms with Crippen LogP contribution >= 0.6 is 11.6 Å². The van der Waals surface area contributed by atoms with E-state index < -0.39 is 0 Å². The van der Waals surface area contributed by atoms with Gasteiger partial charge in [-0.3, -0.25) is 4.79 Å². The van der Waals surface area contributed by atoms with Gasteiger partial charge in [0.25, 0.3) is 0 Å². The number of aromatic nitrogens is 2. The van der Waals surface area contributed by atoms with Gasteiger partial charge in [0.05, 0.1) is 11.0 Å². The highest BCUT2D eigenvalue weighted by molar-refractivity contribution is 6.17. The van der Waals surface area contributed by atoms with Gasteiger partial charge in [-0.05, 0) is 18.6 Å². The number of hydrogen-bond acceptors (Lipinski definition) is 2. The summed E-state index contributed by atoms with van der Waals surface area (Å²) in [4.78, 5) is 15.1. The molecule has 2 aromatic rings. The zero-order valence-corrected chi connectivity index (χ0v) is 8.94. The Morgan fingerprint density at radius 3 is 2.93 bits per heavy atom. The summed E-state index contributed by atoms with van der Waals surface area (Å²) in [6, 6.07) is 7.72. The zero-order valence-electron chi connectivity index (χ0n) is 8.19. The van der Waals surface area contributed by atoms with Crippen molar-refractivity contribution in [2.75, 3.05) is 5.88 Å². The third-order valence-electron chi connectivity index (χ3n) is 2.30. The van der Waals surface area contributed by atoms with Crippen LogP contribution in [-0.4, -0.2) is 21.7 Å². The van der Waals surface area contributed by atoms with Crippen molar-refractivity contribution in [3.63, 3.8) is 0 Å². The number of nitrogens with zero attached hydrogens (tertiary/aromatic N) is 2. The van der Waals surface area contributed by atoms with E-state index in [4.69, 9.17) is 11.6 Å². The summed E-state index contributed by atoms with van der Waals surface area (Å²) in [5.41, 5.74) is 1.85. The molecule has 4 heteroatoms.